The molecular weight excluding hydrogens is 348 g/mol. The molecule has 2 aliphatic rings. The lowest BCUT2D eigenvalue weighted by Crippen LogP contribution is -2.42. The molecule has 1 amide bonds. The van der Waals surface area contributed by atoms with E-state index in [2.05, 4.69) is 14.7 Å². The first-order valence-corrected chi connectivity index (χ1v) is 10.1. The van der Waals surface area contributed by atoms with Gasteiger partial charge in [0.2, 0.25) is 5.13 Å². The van der Waals surface area contributed by atoms with E-state index in [0.717, 1.165) is 68.5 Å². The van der Waals surface area contributed by atoms with Crippen molar-refractivity contribution < 1.29 is 9.53 Å². The monoisotopic (exact) mass is 372 g/mol. The van der Waals surface area contributed by atoms with Crippen molar-refractivity contribution in [2.45, 2.75) is 37.6 Å². The highest BCUT2D eigenvalue weighted by atomic mass is 32.1. The van der Waals surface area contributed by atoms with E-state index in [1.54, 1.807) is 0 Å². The number of carbonyl (C=O) groups is 1. The van der Waals surface area contributed by atoms with Crippen LogP contribution in [0.4, 0.5) is 5.13 Å². The third kappa shape index (κ3) is 4.04. The Kier molecular flexibility index (Phi) is 5.45. The van der Waals surface area contributed by atoms with Crippen molar-refractivity contribution in [1.29, 1.82) is 0 Å². The van der Waals surface area contributed by atoms with E-state index < -0.39 is 0 Å². The Balaban J connectivity index is 1.29. The summed E-state index contributed by atoms with van der Waals surface area (Å²) in [6.07, 6.45) is 3.89. The van der Waals surface area contributed by atoms with Crippen molar-refractivity contribution in [2.75, 3.05) is 31.6 Å². The summed E-state index contributed by atoms with van der Waals surface area (Å²) < 4.78 is 9.95. The Morgan fingerprint density at radius 1 is 1.12 bits per heavy atom. The number of nitrogens with zero attached hydrogens (tertiary/aromatic N) is 3. The topological polar surface area (TPSA) is 67.4 Å². The highest BCUT2D eigenvalue weighted by Crippen LogP contribution is 2.28. The lowest BCUT2D eigenvalue weighted by atomic mass is 10.00. The lowest BCUT2D eigenvalue weighted by Gasteiger charge is -2.32. The molecule has 2 saturated heterocycles. The minimum atomic E-state index is 0.127. The summed E-state index contributed by atoms with van der Waals surface area (Å²) in [7, 11) is 0. The molecule has 2 fully saturated rings. The molecule has 4 rings (SSSR count). The molecule has 1 aromatic carbocycles. The molecular formula is C19H24N4O2S. The van der Waals surface area contributed by atoms with E-state index in [-0.39, 0.29) is 5.91 Å². The molecule has 0 unspecified atom stereocenters. The van der Waals surface area contributed by atoms with Crippen LogP contribution in [0.3, 0.4) is 0 Å². The van der Waals surface area contributed by atoms with E-state index in [1.165, 1.54) is 11.5 Å². The molecule has 0 bridgehead atoms. The maximum Gasteiger partial charge on any atom is 0.253 e. The van der Waals surface area contributed by atoms with Crippen molar-refractivity contribution in [3.05, 3.63) is 41.7 Å². The van der Waals surface area contributed by atoms with Gasteiger partial charge in [0, 0.05) is 55.4 Å². The molecule has 7 heteroatoms. The smallest absolute Gasteiger partial charge is 0.253 e. The van der Waals surface area contributed by atoms with Gasteiger partial charge in [-0.25, -0.2) is 4.98 Å². The van der Waals surface area contributed by atoms with Crippen molar-refractivity contribution in [1.82, 2.24) is 14.3 Å². The molecule has 0 aliphatic carbocycles. The van der Waals surface area contributed by atoms with Crippen LogP contribution in [0, 0.1) is 0 Å². The SMILES string of the molecule is O=C(c1ccccc1)N1CCC(Nc2nc(C3CCOCC3)ns2)CC1. The van der Waals surface area contributed by atoms with Crippen LogP contribution in [-0.4, -0.2) is 52.5 Å². The first-order valence-electron chi connectivity index (χ1n) is 9.32. The number of hydrogen-bond acceptors (Lipinski definition) is 6. The van der Waals surface area contributed by atoms with Crippen LogP contribution in [0.25, 0.3) is 0 Å². The number of likely N-dealkylation sites (tertiary alicyclic amines) is 1. The van der Waals surface area contributed by atoms with Gasteiger partial charge in [0.15, 0.2) is 0 Å². The third-order valence-corrected chi connectivity index (χ3v) is 5.82. The first kappa shape index (κ1) is 17.4. The second-order valence-electron chi connectivity index (χ2n) is 6.92. The maximum atomic E-state index is 12.5. The summed E-state index contributed by atoms with van der Waals surface area (Å²) in [5.41, 5.74) is 0.768. The van der Waals surface area contributed by atoms with Gasteiger partial charge in [-0.1, -0.05) is 18.2 Å². The quantitative estimate of drug-likeness (QED) is 0.893. The normalized spacial score (nSPS) is 19.5. The van der Waals surface area contributed by atoms with Crippen LogP contribution < -0.4 is 5.32 Å². The zero-order chi connectivity index (χ0) is 17.8. The van der Waals surface area contributed by atoms with Crippen molar-refractivity contribution >= 4 is 22.6 Å². The highest BCUT2D eigenvalue weighted by Gasteiger charge is 2.25. The predicted octanol–water partition coefficient (Wildman–Crippen LogP) is 3.15. The van der Waals surface area contributed by atoms with Gasteiger partial charge in [0.05, 0.1) is 0 Å². The van der Waals surface area contributed by atoms with Crippen LogP contribution in [0.15, 0.2) is 30.3 Å². The number of carbonyl (C=O) groups excluding carboxylic acids is 1. The van der Waals surface area contributed by atoms with Gasteiger partial charge in [-0.3, -0.25) is 4.79 Å². The number of anilines is 1. The van der Waals surface area contributed by atoms with E-state index >= 15 is 0 Å². The lowest BCUT2D eigenvalue weighted by molar-refractivity contribution is 0.0718. The van der Waals surface area contributed by atoms with E-state index in [0.29, 0.717) is 12.0 Å². The molecule has 0 radical (unpaired) electrons. The number of benzene rings is 1. The summed E-state index contributed by atoms with van der Waals surface area (Å²) in [6.45, 7) is 3.16. The second kappa shape index (κ2) is 8.14. The van der Waals surface area contributed by atoms with Crippen molar-refractivity contribution in [3.63, 3.8) is 0 Å². The number of piperidine rings is 1. The molecule has 1 N–H and O–H groups in total. The van der Waals surface area contributed by atoms with Crippen LogP contribution in [-0.2, 0) is 4.74 Å². The van der Waals surface area contributed by atoms with Gasteiger partial charge in [-0.05, 0) is 37.8 Å². The van der Waals surface area contributed by atoms with Crippen molar-refractivity contribution in [2.24, 2.45) is 0 Å². The molecule has 0 saturated carbocycles. The third-order valence-electron chi connectivity index (χ3n) is 5.16. The van der Waals surface area contributed by atoms with E-state index in [9.17, 15) is 4.79 Å². The summed E-state index contributed by atoms with van der Waals surface area (Å²) in [5, 5.41) is 4.42. The predicted molar refractivity (Wildman–Crippen MR) is 102 cm³/mol. The number of aromatic nitrogens is 2. The largest absolute Gasteiger partial charge is 0.381 e. The number of ether oxygens (including phenoxy) is 1. The van der Waals surface area contributed by atoms with Gasteiger partial charge >= 0.3 is 0 Å². The van der Waals surface area contributed by atoms with Gasteiger partial charge in [0.1, 0.15) is 5.82 Å². The van der Waals surface area contributed by atoms with Gasteiger partial charge in [-0.2, -0.15) is 4.37 Å². The fourth-order valence-corrected chi connectivity index (χ4v) is 4.30. The van der Waals surface area contributed by atoms with E-state index in [4.69, 9.17) is 4.74 Å². The molecule has 0 spiro atoms. The first-order chi connectivity index (χ1) is 12.8. The van der Waals surface area contributed by atoms with Gasteiger partial charge in [0.25, 0.3) is 5.91 Å². The van der Waals surface area contributed by atoms with Crippen LogP contribution in [0.5, 0.6) is 0 Å². The van der Waals surface area contributed by atoms with Crippen LogP contribution in [0.1, 0.15) is 47.8 Å². The summed E-state index contributed by atoms with van der Waals surface area (Å²) in [5.74, 6) is 1.51. The minimum Gasteiger partial charge on any atom is -0.381 e. The Morgan fingerprint density at radius 2 is 1.85 bits per heavy atom. The average molecular weight is 372 g/mol. The standard InChI is InChI=1S/C19H24N4O2S/c24-18(15-4-2-1-3-5-15)23-10-6-16(7-11-23)20-19-21-17(22-26-19)14-8-12-25-13-9-14/h1-5,14,16H,6-13H2,(H,20,21,22). The maximum absolute atomic E-state index is 12.5. The van der Waals surface area contributed by atoms with Crippen LogP contribution in [0.2, 0.25) is 0 Å². The number of nitrogens with one attached hydrogen (secondary N) is 1. The molecule has 1 aromatic heterocycles. The Bertz CT molecular complexity index is 722. The molecule has 6 nitrogen and oxygen atoms in total. The second-order valence-corrected chi connectivity index (χ2v) is 7.67. The molecule has 0 atom stereocenters. The van der Waals surface area contributed by atoms with Crippen molar-refractivity contribution in [3.8, 4) is 0 Å². The molecule has 26 heavy (non-hydrogen) atoms. The van der Waals surface area contributed by atoms with Crippen LogP contribution >= 0.6 is 11.5 Å². The Morgan fingerprint density at radius 3 is 2.58 bits per heavy atom. The molecule has 3 heterocycles. The summed E-state index contributed by atoms with van der Waals surface area (Å²) in [6, 6.07) is 9.87. The average Bonchev–Trinajstić information content (AvgIpc) is 3.18. The molecule has 138 valence electrons. The fraction of sp³-hybridized carbons (Fsp3) is 0.526. The fourth-order valence-electron chi connectivity index (χ4n) is 3.58. The van der Waals surface area contributed by atoms with E-state index in [1.807, 2.05) is 35.2 Å². The number of amides is 1. The zero-order valence-corrected chi connectivity index (χ0v) is 15.6. The number of rotatable bonds is 4. The summed E-state index contributed by atoms with van der Waals surface area (Å²) >= 11 is 1.45. The molecule has 2 aliphatic heterocycles. The number of hydrogen-bond donors (Lipinski definition) is 1. The Hall–Kier alpha value is -1.99. The summed E-state index contributed by atoms with van der Waals surface area (Å²) in [4.78, 5) is 19.2. The molecule has 2 aromatic rings. The Labute approximate surface area is 157 Å². The van der Waals surface area contributed by atoms with Gasteiger partial charge in [-0.15, -0.1) is 0 Å². The zero-order valence-electron chi connectivity index (χ0n) is 14.8. The van der Waals surface area contributed by atoms with Gasteiger partial charge < -0.3 is 15.0 Å². The highest BCUT2D eigenvalue weighted by molar-refractivity contribution is 7.09. The minimum absolute atomic E-state index is 0.127.